The predicted octanol–water partition coefficient (Wildman–Crippen LogP) is 3.86. The van der Waals surface area contributed by atoms with Gasteiger partial charge < -0.3 is 10.1 Å². The molecule has 0 bridgehead atoms. The molecule has 168 valence electrons. The third kappa shape index (κ3) is 6.66. The number of unbranched alkanes of at least 4 members (excludes halogenated alkanes) is 1. The van der Waals surface area contributed by atoms with E-state index in [4.69, 9.17) is 16.3 Å². The van der Waals surface area contributed by atoms with E-state index in [-0.39, 0.29) is 17.3 Å². The van der Waals surface area contributed by atoms with Crippen LogP contribution in [-0.4, -0.2) is 44.9 Å². The molecule has 9 heteroatoms. The maximum absolute atomic E-state index is 13.1. The fourth-order valence-corrected chi connectivity index (χ4v) is 5.08. The first-order valence-electron chi connectivity index (χ1n) is 10.3. The second-order valence-corrected chi connectivity index (χ2v) is 9.83. The van der Waals surface area contributed by atoms with Gasteiger partial charge >= 0.3 is 0 Å². The Labute approximate surface area is 187 Å². The van der Waals surface area contributed by atoms with Gasteiger partial charge in [0.15, 0.2) is 0 Å². The van der Waals surface area contributed by atoms with Crippen LogP contribution >= 0.6 is 11.6 Å². The van der Waals surface area contributed by atoms with Crippen molar-refractivity contribution in [1.82, 2.24) is 9.62 Å². The molecule has 1 fully saturated rings. The zero-order chi connectivity index (χ0) is 22.3. The predicted molar refractivity (Wildman–Crippen MR) is 117 cm³/mol. The number of nitrogens with zero attached hydrogens (tertiary/aromatic N) is 1. The smallest absolute Gasteiger partial charge is 0.243 e. The second-order valence-electron chi connectivity index (χ2n) is 7.46. The number of rotatable bonds is 9. The Morgan fingerprint density at radius 1 is 1.13 bits per heavy atom. The Morgan fingerprint density at radius 2 is 1.84 bits per heavy atom. The standard InChI is InChI=1S/C22H26ClFN2O4S/c23-18-5-9-20(10-6-18)30-15-2-1-13-25-22(27)17-4-3-14-26(16-17)31(28,29)21-11-7-19(24)8-12-21/h5-12,17H,1-4,13-16H2,(H,25,27)/t17-/m0/s1. The van der Waals surface area contributed by atoms with Crippen LogP contribution in [0, 0.1) is 11.7 Å². The van der Waals surface area contributed by atoms with E-state index in [0.29, 0.717) is 37.6 Å². The van der Waals surface area contributed by atoms with Crippen molar-refractivity contribution in [3.63, 3.8) is 0 Å². The maximum atomic E-state index is 13.1. The minimum Gasteiger partial charge on any atom is -0.494 e. The van der Waals surface area contributed by atoms with E-state index >= 15 is 0 Å². The zero-order valence-electron chi connectivity index (χ0n) is 17.1. The molecule has 1 amide bonds. The normalized spacial score (nSPS) is 17.3. The van der Waals surface area contributed by atoms with Crippen molar-refractivity contribution in [3.05, 3.63) is 59.4 Å². The Morgan fingerprint density at radius 3 is 2.55 bits per heavy atom. The third-order valence-corrected chi connectivity index (χ3v) is 7.29. The SMILES string of the molecule is O=C(NCCCCOc1ccc(Cl)cc1)[C@H]1CCCN(S(=O)(=O)c2ccc(F)cc2)C1. The Kier molecular flexibility index (Phi) is 8.28. The van der Waals surface area contributed by atoms with Gasteiger partial charge in [0.2, 0.25) is 15.9 Å². The molecule has 1 aliphatic heterocycles. The van der Waals surface area contributed by atoms with Crippen LogP contribution in [0.4, 0.5) is 4.39 Å². The molecule has 1 N–H and O–H groups in total. The highest BCUT2D eigenvalue weighted by molar-refractivity contribution is 7.89. The van der Waals surface area contributed by atoms with Gasteiger partial charge in [0.05, 0.1) is 17.4 Å². The van der Waals surface area contributed by atoms with Crippen LogP contribution in [-0.2, 0) is 14.8 Å². The number of hydrogen-bond donors (Lipinski definition) is 1. The van der Waals surface area contributed by atoms with Gasteiger partial charge in [-0.05, 0) is 74.2 Å². The summed E-state index contributed by atoms with van der Waals surface area (Å²) in [6, 6.07) is 11.9. The fraction of sp³-hybridized carbons (Fsp3) is 0.409. The molecule has 1 atom stereocenters. The molecule has 0 spiro atoms. The maximum Gasteiger partial charge on any atom is 0.243 e. The van der Waals surface area contributed by atoms with E-state index in [1.54, 1.807) is 24.3 Å². The van der Waals surface area contributed by atoms with Gasteiger partial charge in [0.1, 0.15) is 11.6 Å². The van der Waals surface area contributed by atoms with Gasteiger partial charge in [0, 0.05) is 24.7 Å². The van der Waals surface area contributed by atoms with Crippen LogP contribution in [0.15, 0.2) is 53.4 Å². The average molecular weight is 469 g/mol. The first-order chi connectivity index (χ1) is 14.9. The van der Waals surface area contributed by atoms with E-state index < -0.39 is 21.8 Å². The van der Waals surface area contributed by atoms with Crippen molar-refractivity contribution >= 4 is 27.5 Å². The van der Waals surface area contributed by atoms with E-state index in [2.05, 4.69) is 5.32 Å². The van der Waals surface area contributed by atoms with Gasteiger partial charge in [-0.1, -0.05) is 11.6 Å². The summed E-state index contributed by atoms with van der Waals surface area (Å²) in [5, 5.41) is 3.55. The first-order valence-corrected chi connectivity index (χ1v) is 12.1. The molecule has 1 saturated heterocycles. The lowest BCUT2D eigenvalue weighted by Crippen LogP contribution is -2.45. The van der Waals surface area contributed by atoms with Gasteiger partial charge in [-0.15, -0.1) is 0 Å². The fourth-order valence-electron chi connectivity index (χ4n) is 3.43. The molecule has 0 saturated carbocycles. The van der Waals surface area contributed by atoms with Crippen LogP contribution in [0.2, 0.25) is 5.02 Å². The van der Waals surface area contributed by atoms with Crippen LogP contribution in [0.5, 0.6) is 5.75 Å². The van der Waals surface area contributed by atoms with Crippen molar-refractivity contribution in [1.29, 1.82) is 0 Å². The summed E-state index contributed by atoms with van der Waals surface area (Å²) >= 11 is 5.83. The topological polar surface area (TPSA) is 75.7 Å². The van der Waals surface area contributed by atoms with Crippen LogP contribution in [0.25, 0.3) is 0 Å². The number of halogens is 2. The minimum absolute atomic E-state index is 0.0376. The number of ether oxygens (including phenoxy) is 1. The molecule has 0 unspecified atom stereocenters. The summed E-state index contributed by atoms with van der Waals surface area (Å²) in [7, 11) is -3.74. The van der Waals surface area contributed by atoms with Gasteiger partial charge in [-0.25, -0.2) is 12.8 Å². The highest BCUT2D eigenvalue weighted by Gasteiger charge is 2.33. The number of carbonyl (C=O) groups is 1. The first kappa shape index (κ1) is 23.5. The van der Waals surface area contributed by atoms with Crippen LogP contribution in [0.1, 0.15) is 25.7 Å². The molecule has 0 aliphatic carbocycles. The summed E-state index contributed by atoms with van der Waals surface area (Å²) < 4.78 is 45.6. The number of nitrogens with one attached hydrogen (secondary N) is 1. The van der Waals surface area contributed by atoms with Crippen molar-refractivity contribution < 1.29 is 22.3 Å². The quantitative estimate of drug-likeness (QED) is 0.567. The van der Waals surface area contributed by atoms with Gasteiger partial charge in [0.25, 0.3) is 0 Å². The average Bonchev–Trinajstić information content (AvgIpc) is 2.77. The molecule has 0 aromatic heterocycles. The lowest BCUT2D eigenvalue weighted by atomic mass is 9.99. The molecule has 1 aliphatic rings. The number of piperidine rings is 1. The Balaban J connectivity index is 1.41. The number of hydrogen-bond acceptors (Lipinski definition) is 4. The number of sulfonamides is 1. The minimum atomic E-state index is -3.74. The summed E-state index contributed by atoms with van der Waals surface area (Å²) in [6.45, 7) is 1.52. The van der Waals surface area contributed by atoms with Crippen LogP contribution in [0.3, 0.4) is 0 Å². The summed E-state index contributed by atoms with van der Waals surface area (Å²) in [6.07, 6.45) is 2.77. The van der Waals surface area contributed by atoms with E-state index in [1.165, 1.54) is 16.4 Å². The van der Waals surface area contributed by atoms with Crippen molar-refractivity contribution in [2.24, 2.45) is 5.92 Å². The zero-order valence-corrected chi connectivity index (χ0v) is 18.7. The molecule has 31 heavy (non-hydrogen) atoms. The molecule has 1 heterocycles. The van der Waals surface area contributed by atoms with Gasteiger partial charge in [-0.2, -0.15) is 4.31 Å². The summed E-state index contributed by atoms with van der Waals surface area (Å²) in [5.41, 5.74) is 0. The van der Waals surface area contributed by atoms with E-state index in [9.17, 15) is 17.6 Å². The molecular formula is C22H26ClFN2O4S. The van der Waals surface area contributed by atoms with Crippen LogP contribution < -0.4 is 10.1 Å². The molecule has 3 rings (SSSR count). The number of benzene rings is 2. The summed E-state index contributed by atoms with van der Waals surface area (Å²) in [4.78, 5) is 12.5. The van der Waals surface area contributed by atoms with Gasteiger partial charge in [-0.3, -0.25) is 4.79 Å². The molecule has 2 aromatic carbocycles. The third-order valence-electron chi connectivity index (χ3n) is 5.16. The molecule has 2 aromatic rings. The Hall–Kier alpha value is -2.16. The largest absolute Gasteiger partial charge is 0.494 e. The monoisotopic (exact) mass is 468 g/mol. The number of amides is 1. The second kappa shape index (κ2) is 10.9. The molecule has 6 nitrogen and oxygen atoms in total. The van der Waals surface area contributed by atoms with E-state index in [0.717, 1.165) is 30.7 Å². The Bertz CT molecular complexity index is 968. The lowest BCUT2D eigenvalue weighted by Gasteiger charge is -2.31. The van der Waals surface area contributed by atoms with Crippen molar-refractivity contribution in [3.8, 4) is 5.75 Å². The molecular weight excluding hydrogens is 443 g/mol. The van der Waals surface area contributed by atoms with E-state index in [1.807, 2.05) is 0 Å². The summed E-state index contributed by atoms with van der Waals surface area (Å²) in [5.74, 6) is -0.279. The highest BCUT2D eigenvalue weighted by atomic mass is 35.5. The van der Waals surface area contributed by atoms with Crippen molar-refractivity contribution in [2.75, 3.05) is 26.2 Å². The number of carbonyl (C=O) groups excluding carboxylic acids is 1. The van der Waals surface area contributed by atoms with Crippen molar-refractivity contribution in [2.45, 2.75) is 30.6 Å². The lowest BCUT2D eigenvalue weighted by molar-refractivity contribution is -0.126. The highest BCUT2D eigenvalue weighted by Crippen LogP contribution is 2.24. The molecule has 0 radical (unpaired) electrons.